The van der Waals surface area contributed by atoms with Gasteiger partial charge >= 0.3 is 6.03 Å². The maximum atomic E-state index is 12.4. The van der Waals surface area contributed by atoms with E-state index in [1.807, 2.05) is 4.90 Å². The molecule has 8 heteroatoms. The molecule has 132 valence electrons. The fourth-order valence-corrected chi connectivity index (χ4v) is 3.58. The molecule has 2 fully saturated rings. The molecule has 0 radical (unpaired) electrons. The smallest absolute Gasteiger partial charge is 0.317 e. The van der Waals surface area contributed by atoms with Gasteiger partial charge in [0.05, 0.1) is 6.20 Å². The van der Waals surface area contributed by atoms with Gasteiger partial charge in [-0.25, -0.2) is 9.78 Å². The fraction of sp³-hybridized carbons (Fsp3) is 0.588. The van der Waals surface area contributed by atoms with Crippen molar-refractivity contribution in [1.29, 1.82) is 0 Å². The molecule has 2 aliphatic rings. The highest BCUT2D eigenvalue weighted by molar-refractivity contribution is 5.75. The van der Waals surface area contributed by atoms with Crippen LogP contribution in [0.1, 0.15) is 50.3 Å². The molecule has 2 amide bonds. The van der Waals surface area contributed by atoms with E-state index in [-0.39, 0.29) is 11.9 Å². The number of hydrogen-bond donors (Lipinski definition) is 1. The third kappa shape index (κ3) is 3.62. The van der Waals surface area contributed by atoms with Crippen molar-refractivity contribution in [3.05, 3.63) is 24.4 Å². The first-order chi connectivity index (χ1) is 12.3. The Labute approximate surface area is 146 Å². The Bertz CT molecular complexity index is 713. The van der Waals surface area contributed by atoms with Gasteiger partial charge in [-0.05, 0) is 19.3 Å². The average molecular weight is 342 g/mol. The van der Waals surface area contributed by atoms with Crippen molar-refractivity contribution >= 4 is 6.03 Å². The van der Waals surface area contributed by atoms with Gasteiger partial charge in [0.2, 0.25) is 0 Å². The van der Waals surface area contributed by atoms with Gasteiger partial charge in [0.25, 0.3) is 5.89 Å². The SMILES string of the molecule is O=C(NC1CCCCC1)N1CCC(c2noc(-c3cnccn3)n2)C1. The Balaban J connectivity index is 1.36. The summed E-state index contributed by atoms with van der Waals surface area (Å²) in [6.45, 7) is 1.34. The average Bonchev–Trinajstić information content (AvgIpc) is 3.33. The van der Waals surface area contributed by atoms with Crippen LogP contribution in [0.4, 0.5) is 4.79 Å². The van der Waals surface area contributed by atoms with Crippen LogP contribution < -0.4 is 5.32 Å². The Hall–Kier alpha value is -2.51. The van der Waals surface area contributed by atoms with Gasteiger partial charge in [-0.2, -0.15) is 4.98 Å². The zero-order chi connectivity index (χ0) is 17.1. The summed E-state index contributed by atoms with van der Waals surface area (Å²) in [6, 6.07) is 0.362. The summed E-state index contributed by atoms with van der Waals surface area (Å²) in [5.41, 5.74) is 0.561. The second-order valence-corrected chi connectivity index (χ2v) is 6.76. The van der Waals surface area contributed by atoms with Gasteiger partial charge in [-0.15, -0.1) is 0 Å². The van der Waals surface area contributed by atoms with Crippen molar-refractivity contribution in [2.75, 3.05) is 13.1 Å². The monoisotopic (exact) mass is 342 g/mol. The molecule has 1 unspecified atom stereocenters. The van der Waals surface area contributed by atoms with E-state index in [1.54, 1.807) is 18.6 Å². The third-order valence-corrected chi connectivity index (χ3v) is 5.00. The fourth-order valence-electron chi connectivity index (χ4n) is 3.58. The van der Waals surface area contributed by atoms with E-state index >= 15 is 0 Å². The first-order valence-corrected chi connectivity index (χ1v) is 8.95. The van der Waals surface area contributed by atoms with Crippen LogP contribution in [0.15, 0.2) is 23.1 Å². The second-order valence-electron chi connectivity index (χ2n) is 6.76. The van der Waals surface area contributed by atoms with E-state index in [4.69, 9.17) is 4.52 Å². The summed E-state index contributed by atoms with van der Waals surface area (Å²) in [4.78, 5) is 26.9. The zero-order valence-corrected chi connectivity index (χ0v) is 14.1. The lowest BCUT2D eigenvalue weighted by atomic mass is 9.96. The minimum Gasteiger partial charge on any atom is -0.335 e. The summed E-state index contributed by atoms with van der Waals surface area (Å²) in [6.07, 6.45) is 11.5. The van der Waals surface area contributed by atoms with Gasteiger partial charge < -0.3 is 14.7 Å². The summed E-state index contributed by atoms with van der Waals surface area (Å²) in [5, 5.41) is 7.24. The highest BCUT2D eigenvalue weighted by atomic mass is 16.5. The first-order valence-electron chi connectivity index (χ1n) is 8.95. The van der Waals surface area contributed by atoms with E-state index < -0.39 is 0 Å². The van der Waals surface area contributed by atoms with Gasteiger partial charge in [0.1, 0.15) is 5.69 Å². The van der Waals surface area contributed by atoms with Crippen molar-refractivity contribution in [3.63, 3.8) is 0 Å². The van der Waals surface area contributed by atoms with Crippen LogP contribution in [-0.4, -0.2) is 50.2 Å². The molecule has 3 heterocycles. The molecule has 1 aliphatic carbocycles. The molecule has 8 nitrogen and oxygen atoms in total. The second kappa shape index (κ2) is 7.16. The lowest BCUT2D eigenvalue weighted by Crippen LogP contribution is -2.44. The van der Waals surface area contributed by atoms with Crippen LogP contribution in [0, 0.1) is 0 Å². The molecule has 1 saturated heterocycles. The van der Waals surface area contributed by atoms with Crippen molar-refractivity contribution < 1.29 is 9.32 Å². The molecule has 4 rings (SSSR count). The first kappa shape index (κ1) is 16.0. The number of nitrogens with one attached hydrogen (secondary N) is 1. The highest BCUT2D eigenvalue weighted by Crippen LogP contribution is 2.27. The molecule has 2 aromatic heterocycles. The largest absolute Gasteiger partial charge is 0.335 e. The third-order valence-electron chi connectivity index (χ3n) is 5.00. The number of hydrogen-bond acceptors (Lipinski definition) is 6. The molecule has 0 aromatic carbocycles. The Kier molecular flexibility index (Phi) is 4.58. The van der Waals surface area contributed by atoms with Gasteiger partial charge in [0, 0.05) is 37.4 Å². The number of urea groups is 1. The van der Waals surface area contributed by atoms with Crippen LogP contribution in [0.5, 0.6) is 0 Å². The van der Waals surface area contributed by atoms with Crippen molar-refractivity contribution in [1.82, 2.24) is 30.3 Å². The molecule has 1 aliphatic heterocycles. The molecule has 1 saturated carbocycles. The van der Waals surface area contributed by atoms with Gasteiger partial charge in [-0.1, -0.05) is 24.4 Å². The van der Waals surface area contributed by atoms with Crippen LogP contribution in [0.3, 0.4) is 0 Å². The molecule has 2 aromatic rings. The number of amides is 2. The minimum atomic E-state index is 0.0343. The van der Waals surface area contributed by atoms with Crippen molar-refractivity contribution in [2.24, 2.45) is 0 Å². The van der Waals surface area contributed by atoms with Crippen molar-refractivity contribution in [2.45, 2.75) is 50.5 Å². The quantitative estimate of drug-likeness (QED) is 0.919. The van der Waals surface area contributed by atoms with E-state index in [9.17, 15) is 4.79 Å². The normalized spacial score (nSPS) is 21.4. The molecule has 0 bridgehead atoms. The summed E-state index contributed by atoms with van der Waals surface area (Å²) in [5.74, 6) is 1.10. The highest BCUT2D eigenvalue weighted by Gasteiger charge is 2.31. The number of likely N-dealkylation sites (tertiary alicyclic amines) is 1. The minimum absolute atomic E-state index is 0.0343. The zero-order valence-electron chi connectivity index (χ0n) is 14.1. The van der Waals surface area contributed by atoms with Crippen LogP contribution in [0.2, 0.25) is 0 Å². The number of rotatable bonds is 3. The Morgan fingerprint density at radius 3 is 2.88 bits per heavy atom. The summed E-state index contributed by atoms with van der Waals surface area (Å²) in [7, 11) is 0. The molecule has 25 heavy (non-hydrogen) atoms. The van der Waals surface area contributed by atoms with Crippen molar-refractivity contribution in [3.8, 4) is 11.6 Å². The van der Waals surface area contributed by atoms with Gasteiger partial charge in [0.15, 0.2) is 5.82 Å². The van der Waals surface area contributed by atoms with Crippen LogP contribution >= 0.6 is 0 Å². The number of aromatic nitrogens is 4. The van der Waals surface area contributed by atoms with Crippen LogP contribution in [0.25, 0.3) is 11.6 Å². The Morgan fingerprint density at radius 1 is 1.20 bits per heavy atom. The number of carbonyl (C=O) groups excluding carboxylic acids is 1. The Morgan fingerprint density at radius 2 is 2.08 bits per heavy atom. The number of carbonyl (C=O) groups is 1. The van der Waals surface area contributed by atoms with E-state index in [0.29, 0.717) is 30.0 Å². The molecule has 1 atom stereocenters. The maximum absolute atomic E-state index is 12.4. The topological polar surface area (TPSA) is 97.0 Å². The van der Waals surface area contributed by atoms with Gasteiger partial charge in [-0.3, -0.25) is 4.98 Å². The van der Waals surface area contributed by atoms with E-state index in [0.717, 1.165) is 25.8 Å². The molecule has 1 N–H and O–H groups in total. The molecular formula is C17H22N6O2. The maximum Gasteiger partial charge on any atom is 0.317 e. The summed E-state index contributed by atoms with van der Waals surface area (Å²) < 4.78 is 5.30. The van der Waals surface area contributed by atoms with E-state index in [1.165, 1.54) is 19.3 Å². The van der Waals surface area contributed by atoms with Crippen LogP contribution in [-0.2, 0) is 0 Å². The lowest BCUT2D eigenvalue weighted by molar-refractivity contribution is 0.200. The standard InChI is InChI=1S/C17H22N6O2/c24-17(20-13-4-2-1-3-5-13)23-9-6-12(11-23)15-21-16(25-22-15)14-10-18-7-8-19-14/h7-8,10,12-13H,1-6,9,11H2,(H,20,24). The molecule has 0 spiro atoms. The molecular weight excluding hydrogens is 320 g/mol. The predicted octanol–water partition coefficient (Wildman–Crippen LogP) is 2.36. The van der Waals surface area contributed by atoms with E-state index in [2.05, 4.69) is 25.4 Å². The lowest BCUT2D eigenvalue weighted by Gasteiger charge is -2.26. The number of nitrogens with zero attached hydrogens (tertiary/aromatic N) is 5. The summed E-state index contributed by atoms with van der Waals surface area (Å²) >= 11 is 0. The predicted molar refractivity (Wildman–Crippen MR) is 89.7 cm³/mol.